The highest BCUT2D eigenvalue weighted by Gasteiger charge is 2.44. The van der Waals surface area contributed by atoms with Crippen LogP contribution in [0.4, 0.5) is 0 Å². The Kier molecular flexibility index (Phi) is 6.17. The number of rotatable bonds is 7. The summed E-state index contributed by atoms with van der Waals surface area (Å²) in [7, 11) is -1.54. The van der Waals surface area contributed by atoms with Crippen molar-refractivity contribution in [2.24, 2.45) is 4.99 Å². The van der Waals surface area contributed by atoms with Crippen molar-refractivity contribution >= 4 is 31.9 Å². The van der Waals surface area contributed by atoms with Gasteiger partial charge in [0.25, 0.3) is 0 Å². The minimum Gasteiger partial charge on any atom is -0.356 e. The Labute approximate surface area is 159 Å². The van der Waals surface area contributed by atoms with Gasteiger partial charge < -0.3 is 10.6 Å². The third kappa shape index (κ3) is 6.27. The molecule has 1 aromatic rings. The lowest BCUT2D eigenvalue weighted by atomic mass is 9.96. The number of hydrogen-bond donors (Lipinski definition) is 3. The highest BCUT2D eigenvalue weighted by molar-refractivity contribution is 9.10. The molecule has 1 aliphatic rings. The molecule has 0 aliphatic heterocycles. The molecule has 0 radical (unpaired) electrons. The van der Waals surface area contributed by atoms with Crippen molar-refractivity contribution in [1.82, 2.24) is 15.4 Å². The van der Waals surface area contributed by atoms with Crippen LogP contribution in [0.2, 0.25) is 0 Å². The van der Waals surface area contributed by atoms with Crippen molar-refractivity contribution in [3.8, 4) is 0 Å². The Morgan fingerprint density at radius 1 is 1.32 bits per heavy atom. The molecule has 3 N–H and O–H groups in total. The molecular formula is C17H27BrN4O2S. The Morgan fingerprint density at radius 2 is 2.00 bits per heavy atom. The molecule has 0 heterocycles. The van der Waals surface area contributed by atoms with Crippen LogP contribution in [-0.4, -0.2) is 46.3 Å². The maximum absolute atomic E-state index is 11.4. The summed E-state index contributed by atoms with van der Waals surface area (Å²) < 4.78 is 26.5. The average molecular weight is 431 g/mol. The number of halogens is 1. The zero-order valence-electron chi connectivity index (χ0n) is 15.2. The summed E-state index contributed by atoms with van der Waals surface area (Å²) in [5, 5.41) is 6.57. The van der Waals surface area contributed by atoms with Crippen molar-refractivity contribution in [1.29, 1.82) is 0 Å². The largest absolute Gasteiger partial charge is 0.356 e. The molecule has 1 fully saturated rings. The number of sulfonamides is 1. The van der Waals surface area contributed by atoms with Crippen molar-refractivity contribution in [2.45, 2.75) is 37.6 Å². The molecule has 0 amide bonds. The van der Waals surface area contributed by atoms with Gasteiger partial charge in [-0.25, -0.2) is 13.1 Å². The molecule has 25 heavy (non-hydrogen) atoms. The minimum atomic E-state index is -3.26. The van der Waals surface area contributed by atoms with E-state index in [1.165, 1.54) is 5.56 Å². The van der Waals surface area contributed by atoms with Gasteiger partial charge >= 0.3 is 0 Å². The summed E-state index contributed by atoms with van der Waals surface area (Å²) in [4.78, 5) is 4.24. The van der Waals surface area contributed by atoms with E-state index in [4.69, 9.17) is 0 Å². The van der Waals surface area contributed by atoms with Crippen molar-refractivity contribution < 1.29 is 8.42 Å². The lowest BCUT2D eigenvalue weighted by Gasteiger charge is -2.27. The van der Waals surface area contributed by atoms with Crippen molar-refractivity contribution in [3.63, 3.8) is 0 Å². The van der Waals surface area contributed by atoms with E-state index in [2.05, 4.69) is 54.5 Å². The molecule has 6 nitrogen and oxygen atoms in total. The van der Waals surface area contributed by atoms with Gasteiger partial charge in [0.05, 0.1) is 6.26 Å². The number of nitrogens with zero attached hydrogens (tertiary/aromatic N) is 1. The molecule has 1 saturated carbocycles. The van der Waals surface area contributed by atoms with E-state index in [9.17, 15) is 8.42 Å². The van der Waals surface area contributed by atoms with Gasteiger partial charge in [-0.1, -0.05) is 28.1 Å². The van der Waals surface area contributed by atoms with Gasteiger partial charge in [0.15, 0.2) is 5.96 Å². The zero-order valence-corrected chi connectivity index (χ0v) is 17.6. The molecule has 2 rings (SSSR count). The fourth-order valence-corrected chi connectivity index (χ4v) is 4.33. The third-order valence-electron chi connectivity index (χ3n) is 4.27. The molecule has 1 aliphatic carbocycles. The van der Waals surface area contributed by atoms with Gasteiger partial charge in [-0.3, -0.25) is 4.99 Å². The molecule has 140 valence electrons. The molecule has 1 aromatic carbocycles. The second-order valence-electron chi connectivity index (χ2n) is 7.33. The standard InChI is InChI=1S/C17H27BrN4O2S/c1-16(2,22-25(4,23)24)11-20-15(19-3)21-12-17(8-9-17)13-6-5-7-14(18)10-13/h5-7,10,22H,8-9,11-12H2,1-4H3,(H2,19,20,21). The normalized spacial score (nSPS) is 17.2. The quantitative estimate of drug-likeness (QED) is 0.456. The van der Waals surface area contributed by atoms with Gasteiger partial charge in [0, 0.05) is 35.6 Å². The van der Waals surface area contributed by atoms with Crippen molar-refractivity contribution in [3.05, 3.63) is 34.3 Å². The Bertz CT molecular complexity index is 743. The number of benzene rings is 1. The molecule has 0 atom stereocenters. The van der Waals surface area contributed by atoms with E-state index in [1.54, 1.807) is 7.05 Å². The molecule has 0 aromatic heterocycles. The Hall–Kier alpha value is -1.12. The SMILES string of the molecule is CN=C(NCC(C)(C)NS(C)(=O)=O)NCC1(c2cccc(Br)c2)CC1. The monoisotopic (exact) mass is 430 g/mol. The summed E-state index contributed by atoms with van der Waals surface area (Å²) in [5.41, 5.74) is 0.873. The molecule has 0 unspecified atom stereocenters. The first-order valence-corrected chi connectivity index (χ1v) is 10.9. The smallest absolute Gasteiger partial charge is 0.209 e. The highest BCUT2D eigenvalue weighted by Crippen LogP contribution is 2.48. The summed E-state index contributed by atoms with van der Waals surface area (Å²) in [6, 6.07) is 8.43. The lowest BCUT2D eigenvalue weighted by molar-refractivity contribution is 0.446. The van der Waals surface area contributed by atoms with E-state index >= 15 is 0 Å². The predicted molar refractivity (Wildman–Crippen MR) is 106 cm³/mol. The van der Waals surface area contributed by atoms with Crippen LogP contribution in [0.5, 0.6) is 0 Å². The van der Waals surface area contributed by atoms with Crippen LogP contribution in [0.25, 0.3) is 0 Å². The maximum atomic E-state index is 11.4. The summed E-state index contributed by atoms with van der Waals surface area (Å²) in [6.45, 7) is 4.89. The number of hydrogen-bond acceptors (Lipinski definition) is 3. The fourth-order valence-electron chi connectivity index (χ4n) is 2.85. The minimum absolute atomic E-state index is 0.155. The molecular weight excluding hydrogens is 404 g/mol. The van der Waals surface area contributed by atoms with E-state index < -0.39 is 15.6 Å². The summed E-state index contributed by atoms with van der Waals surface area (Å²) >= 11 is 3.53. The third-order valence-corrected chi connectivity index (χ3v) is 5.68. The van der Waals surface area contributed by atoms with Crippen LogP contribution >= 0.6 is 15.9 Å². The van der Waals surface area contributed by atoms with E-state index in [0.29, 0.717) is 12.5 Å². The van der Waals surface area contributed by atoms with Gasteiger partial charge in [0.2, 0.25) is 10.0 Å². The van der Waals surface area contributed by atoms with Crippen LogP contribution in [0, 0.1) is 0 Å². The maximum Gasteiger partial charge on any atom is 0.209 e. The van der Waals surface area contributed by atoms with Crippen LogP contribution in [0.15, 0.2) is 33.7 Å². The van der Waals surface area contributed by atoms with Gasteiger partial charge in [0.1, 0.15) is 0 Å². The molecule has 0 bridgehead atoms. The topological polar surface area (TPSA) is 82.6 Å². The van der Waals surface area contributed by atoms with Crippen molar-refractivity contribution in [2.75, 3.05) is 26.4 Å². The van der Waals surface area contributed by atoms with Crippen LogP contribution in [0.3, 0.4) is 0 Å². The molecule has 0 spiro atoms. The van der Waals surface area contributed by atoms with Crippen LogP contribution < -0.4 is 15.4 Å². The second-order valence-corrected chi connectivity index (χ2v) is 9.99. The van der Waals surface area contributed by atoms with Gasteiger partial charge in [-0.15, -0.1) is 0 Å². The summed E-state index contributed by atoms with van der Waals surface area (Å²) in [6.07, 6.45) is 3.46. The molecule has 8 heteroatoms. The van der Waals surface area contributed by atoms with E-state index in [-0.39, 0.29) is 5.41 Å². The first-order valence-electron chi connectivity index (χ1n) is 8.25. The van der Waals surface area contributed by atoms with E-state index in [0.717, 1.165) is 30.1 Å². The second kappa shape index (κ2) is 7.63. The highest BCUT2D eigenvalue weighted by atomic mass is 79.9. The Morgan fingerprint density at radius 3 is 2.52 bits per heavy atom. The number of guanidine groups is 1. The van der Waals surface area contributed by atoms with Gasteiger partial charge in [-0.2, -0.15) is 0 Å². The Balaban J connectivity index is 1.91. The zero-order chi connectivity index (χ0) is 18.7. The number of aliphatic imine (C=N–C) groups is 1. The lowest BCUT2D eigenvalue weighted by Crippen LogP contribution is -2.53. The predicted octanol–water partition coefficient (Wildman–Crippen LogP) is 1.97. The van der Waals surface area contributed by atoms with E-state index in [1.807, 2.05) is 19.9 Å². The van der Waals surface area contributed by atoms with Crippen LogP contribution in [-0.2, 0) is 15.4 Å². The molecule has 0 saturated heterocycles. The number of nitrogens with one attached hydrogen (secondary N) is 3. The average Bonchev–Trinajstić information content (AvgIpc) is 3.26. The van der Waals surface area contributed by atoms with Gasteiger partial charge in [-0.05, 0) is 44.4 Å². The summed E-state index contributed by atoms with van der Waals surface area (Å²) in [5.74, 6) is 0.671. The fraction of sp³-hybridized carbons (Fsp3) is 0.588. The first-order chi connectivity index (χ1) is 11.6. The van der Waals surface area contributed by atoms with Crippen LogP contribution in [0.1, 0.15) is 32.3 Å². The first kappa shape index (κ1) is 20.2.